The summed E-state index contributed by atoms with van der Waals surface area (Å²) in [6, 6.07) is -1.22. The quantitative estimate of drug-likeness (QED) is 0.375. The van der Waals surface area contributed by atoms with E-state index in [1.54, 1.807) is 11.8 Å². The van der Waals surface area contributed by atoms with E-state index in [2.05, 4.69) is 20.2 Å². The van der Waals surface area contributed by atoms with Gasteiger partial charge in [0.2, 0.25) is 0 Å². The van der Waals surface area contributed by atoms with Crippen molar-refractivity contribution in [2.45, 2.75) is 74.6 Å². The first-order valence-electron chi connectivity index (χ1n) is 11.1. The van der Waals surface area contributed by atoms with Crippen molar-refractivity contribution in [2.24, 2.45) is 15.9 Å². The first kappa shape index (κ1) is 21.5. The van der Waals surface area contributed by atoms with Crippen LogP contribution in [-0.4, -0.2) is 87.3 Å². The van der Waals surface area contributed by atoms with Gasteiger partial charge in [-0.05, 0) is 51.9 Å². The van der Waals surface area contributed by atoms with Crippen LogP contribution in [0.4, 0.5) is 0 Å². The predicted octanol–water partition coefficient (Wildman–Crippen LogP) is 1.80. The van der Waals surface area contributed by atoms with Gasteiger partial charge in [0.15, 0.2) is 6.04 Å². The molecule has 2 N–H and O–H groups in total. The monoisotopic (exact) mass is 435 g/mol. The van der Waals surface area contributed by atoms with Gasteiger partial charge in [-0.25, -0.2) is 4.79 Å². The average Bonchev–Trinajstić information content (AvgIpc) is 2.85. The third-order valence-electron chi connectivity index (χ3n) is 6.69. The van der Waals surface area contributed by atoms with E-state index in [1.165, 1.54) is 30.0 Å². The molecule has 3 fully saturated rings. The number of β-lactam (4-membered cyclic amide) rings is 1. The molecule has 4 rings (SSSR count). The average molecular weight is 436 g/mol. The van der Waals surface area contributed by atoms with E-state index < -0.39 is 22.8 Å². The number of hydrogen-bond acceptors (Lipinski definition) is 6. The van der Waals surface area contributed by atoms with Crippen LogP contribution in [-0.2, 0) is 9.59 Å². The van der Waals surface area contributed by atoms with E-state index in [4.69, 9.17) is 0 Å². The third kappa shape index (κ3) is 4.31. The number of carboxylic acids is 1. The van der Waals surface area contributed by atoms with Crippen LogP contribution in [0.5, 0.6) is 0 Å². The van der Waals surface area contributed by atoms with E-state index in [9.17, 15) is 14.7 Å². The highest BCUT2D eigenvalue weighted by molar-refractivity contribution is 8.01. The molecule has 166 valence electrons. The van der Waals surface area contributed by atoms with Gasteiger partial charge in [-0.15, -0.1) is 11.8 Å². The molecule has 3 atom stereocenters. The van der Waals surface area contributed by atoms with Crippen LogP contribution in [0.3, 0.4) is 0 Å². The molecule has 8 nitrogen and oxygen atoms in total. The molecular formula is C21H33N5O3S. The molecule has 1 amide bonds. The number of piperidine rings is 1. The minimum atomic E-state index is -0.933. The standard InChI is InChI=1S/C21H33N5O3S/c1-21(2)17(20(28)29)26-18(27)16(19(26)30-21)24-13-25-11-7-14(8-12-25)5-6-15-22-9-3-4-10-23-15/h13-14,16-17,19H,3-12H2,1-2H3,(H,22,23)(H,28,29)/t16-,17+,19-/m1/s1. The minimum absolute atomic E-state index is 0.157. The van der Waals surface area contributed by atoms with Crippen molar-refractivity contribution in [1.29, 1.82) is 0 Å². The molecule has 0 unspecified atom stereocenters. The number of amidine groups is 1. The SMILES string of the molecule is CC1(C)S[C@@H]2[C@H](N=CN3CCC(CCC4=NCCCCN4)CC3)C(=O)N2[C@H]1C(=O)O. The number of likely N-dealkylation sites (tertiary alicyclic amines) is 1. The smallest absolute Gasteiger partial charge is 0.327 e. The minimum Gasteiger partial charge on any atom is -0.480 e. The molecule has 0 aromatic rings. The lowest BCUT2D eigenvalue weighted by molar-refractivity contribution is -0.158. The van der Waals surface area contributed by atoms with Crippen LogP contribution in [0, 0.1) is 5.92 Å². The van der Waals surface area contributed by atoms with Crippen LogP contribution >= 0.6 is 11.8 Å². The maximum absolute atomic E-state index is 12.5. The number of carbonyl (C=O) groups excluding carboxylic acids is 1. The molecule has 0 bridgehead atoms. The number of carbonyl (C=O) groups is 2. The largest absolute Gasteiger partial charge is 0.480 e. The Morgan fingerprint density at radius 1 is 1.37 bits per heavy atom. The highest BCUT2D eigenvalue weighted by atomic mass is 32.2. The highest BCUT2D eigenvalue weighted by Crippen LogP contribution is 2.51. The van der Waals surface area contributed by atoms with Crippen molar-refractivity contribution < 1.29 is 14.7 Å². The van der Waals surface area contributed by atoms with E-state index in [1.807, 2.05) is 20.2 Å². The van der Waals surface area contributed by atoms with Crippen molar-refractivity contribution >= 4 is 35.8 Å². The highest BCUT2D eigenvalue weighted by Gasteiger charge is 2.63. The predicted molar refractivity (Wildman–Crippen MR) is 119 cm³/mol. The Balaban J connectivity index is 1.23. The molecule has 4 heterocycles. The number of carboxylic acid groups (broad SMARTS) is 1. The van der Waals surface area contributed by atoms with Gasteiger partial charge in [0, 0.05) is 37.3 Å². The Bertz CT molecular complexity index is 732. The van der Waals surface area contributed by atoms with Crippen molar-refractivity contribution in [3.63, 3.8) is 0 Å². The number of fused-ring (bicyclic) bond motifs is 1. The van der Waals surface area contributed by atoms with Gasteiger partial charge in [0.25, 0.3) is 5.91 Å². The van der Waals surface area contributed by atoms with E-state index in [0.29, 0.717) is 5.92 Å². The summed E-state index contributed by atoms with van der Waals surface area (Å²) in [7, 11) is 0. The summed E-state index contributed by atoms with van der Waals surface area (Å²) in [5.41, 5.74) is 0. The van der Waals surface area contributed by atoms with Crippen LogP contribution in [0.2, 0.25) is 0 Å². The normalized spacial score (nSPS) is 31.7. The molecule has 0 radical (unpaired) electrons. The zero-order chi connectivity index (χ0) is 21.3. The van der Waals surface area contributed by atoms with Gasteiger partial charge >= 0.3 is 5.97 Å². The Labute approximate surface area is 182 Å². The first-order chi connectivity index (χ1) is 14.4. The summed E-state index contributed by atoms with van der Waals surface area (Å²) in [6.45, 7) is 7.71. The summed E-state index contributed by atoms with van der Waals surface area (Å²) >= 11 is 1.55. The topological polar surface area (TPSA) is 97.6 Å². The second-order valence-electron chi connectivity index (χ2n) is 9.29. The number of amides is 1. The fourth-order valence-corrected chi connectivity index (χ4v) is 6.52. The van der Waals surface area contributed by atoms with Crippen molar-refractivity contribution in [1.82, 2.24) is 15.1 Å². The van der Waals surface area contributed by atoms with E-state index in [0.717, 1.165) is 45.4 Å². The Kier molecular flexibility index (Phi) is 6.27. The fourth-order valence-electron chi connectivity index (χ4n) is 4.90. The summed E-state index contributed by atoms with van der Waals surface area (Å²) in [5, 5.41) is 12.8. The van der Waals surface area contributed by atoms with Crippen LogP contribution in [0.15, 0.2) is 9.98 Å². The van der Waals surface area contributed by atoms with Gasteiger partial charge in [-0.3, -0.25) is 14.8 Å². The van der Waals surface area contributed by atoms with Gasteiger partial charge in [0.05, 0.1) is 12.2 Å². The van der Waals surface area contributed by atoms with Crippen molar-refractivity contribution in [2.75, 3.05) is 26.2 Å². The molecule has 9 heteroatoms. The number of thioether (sulfide) groups is 1. The number of nitrogens with one attached hydrogen (secondary N) is 1. The molecule has 0 aromatic carbocycles. The molecule has 4 aliphatic heterocycles. The Hall–Kier alpha value is -1.77. The number of nitrogens with zero attached hydrogens (tertiary/aromatic N) is 4. The molecule has 0 spiro atoms. The first-order valence-corrected chi connectivity index (χ1v) is 12.0. The zero-order valence-corrected chi connectivity index (χ0v) is 18.7. The number of aliphatic imine (C=N–C) groups is 2. The molecule has 0 aromatic heterocycles. The van der Waals surface area contributed by atoms with Crippen LogP contribution < -0.4 is 5.32 Å². The lowest BCUT2D eigenvalue weighted by atomic mass is 9.92. The second-order valence-corrected chi connectivity index (χ2v) is 11.1. The lowest BCUT2D eigenvalue weighted by Crippen LogP contribution is -2.65. The second kappa shape index (κ2) is 8.77. The molecule has 3 saturated heterocycles. The summed E-state index contributed by atoms with van der Waals surface area (Å²) in [4.78, 5) is 37.0. The summed E-state index contributed by atoms with van der Waals surface area (Å²) < 4.78 is -0.495. The number of aliphatic carboxylic acids is 1. The fraction of sp³-hybridized carbons (Fsp3) is 0.810. The number of rotatable bonds is 6. The molecule has 0 aliphatic carbocycles. The lowest BCUT2D eigenvalue weighted by Gasteiger charge is -2.41. The Morgan fingerprint density at radius 3 is 2.87 bits per heavy atom. The van der Waals surface area contributed by atoms with Gasteiger partial charge in [-0.2, -0.15) is 0 Å². The molecular weight excluding hydrogens is 402 g/mol. The zero-order valence-electron chi connectivity index (χ0n) is 17.9. The number of hydrogen-bond donors (Lipinski definition) is 2. The summed E-state index contributed by atoms with van der Waals surface area (Å²) in [5.74, 6) is 0.804. The van der Waals surface area contributed by atoms with Crippen molar-refractivity contribution in [3.05, 3.63) is 0 Å². The molecule has 0 saturated carbocycles. The van der Waals surface area contributed by atoms with Gasteiger partial charge in [-0.1, -0.05) is 0 Å². The van der Waals surface area contributed by atoms with Crippen LogP contribution in [0.25, 0.3) is 0 Å². The maximum atomic E-state index is 12.5. The molecule has 30 heavy (non-hydrogen) atoms. The van der Waals surface area contributed by atoms with E-state index in [-0.39, 0.29) is 11.3 Å². The Morgan fingerprint density at radius 2 is 2.13 bits per heavy atom. The van der Waals surface area contributed by atoms with Crippen molar-refractivity contribution in [3.8, 4) is 0 Å². The summed E-state index contributed by atoms with van der Waals surface area (Å²) in [6.07, 6.45) is 8.71. The molecule has 4 aliphatic rings. The van der Waals surface area contributed by atoms with Gasteiger partial charge in [0.1, 0.15) is 11.4 Å². The maximum Gasteiger partial charge on any atom is 0.327 e. The van der Waals surface area contributed by atoms with E-state index >= 15 is 0 Å². The third-order valence-corrected chi connectivity index (χ3v) is 8.25. The van der Waals surface area contributed by atoms with Crippen LogP contribution in [0.1, 0.15) is 52.4 Å². The van der Waals surface area contributed by atoms with Gasteiger partial charge < -0.3 is 20.2 Å².